The Kier molecular flexibility index (Phi) is 3.39. The third-order valence-electron chi connectivity index (χ3n) is 3.28. The maximum Gasteiger partial charge on any atom is 0.206 e. The lowest BCUT2D eigenvalue weighted by Gasteiger charge is -2.09. The molecule has 0 amide bonds. The summed E-state index contributed by atoms with van der Waals surface area (Å²) >= 11 is 0. The molecule has 0 aliphatic carbocycles. The van der Waals surface area contributed by atoms with Crippen molar-refractivity contribution in [1.29, 1.82) is 0 Å². The summed E-state index contributed by atoms with van der Waals surface area (Å²) in [6, 6.07) is 13.5. The van der Waals surface area contributed by atoms with Crippen molar-refractivity contribution in [2.24, 2.45) is 0 Å². The molecule has 21 heavy (non-hydrogen) atoms. The molecule has 5 heteroatoms. The van der Waals surface area contributed by atoms with Crippen LogP contribution in [0.1, 0.15) is 6.92 Å². The largest absolute Gasteiger partial charge is 0.494 e. The molecule has 3 rings (SSSR count). The number of para-hydroxylation sites is 1. The Balaban J connectivity index is 2.20. The van der Waals surface area contributed by atoms with Crippen LogP contribution in [-0.4, -0.2) is 23.3 Å². The second-order valence-corrected chi connectivity index (χ2v) is 4.56. The number of aromatic nitrogens is 2. The fraction of sp³-hybridized carbons (Fsp3) is 0.188. The lowest BCUT2D eigenvalue weighted by molar-refractivity contribution is 0.340. The summed E-state index contributed by atoms with van der Waals surface area (Å²) in [4.78, 5) is 4.41. The third kappa shape index (κ3) is 2.27. The number of imidazole rings is 1. The van der Waals surface area contributed by atoms with E-state index in [2.05, 4.69) is 4.98 Å². The molecule has 3 aromatic rings. The summed E-state index contributed by atoms with van der Waals surface area (Å²) in [5.74, 6) is 1.93. The number of hydrogen-bond acceptors (Lipinski definition) is 4. The Morgan fingerprint density at radius 3 is 2.76 bits per heavy atom. The number of anilines is 1. The zero-order valence-electron chi connectivity index (χ0n) is 12.0. The minimum Gasteiger partial charge on any atom is -0.494 e. The summed E-state index contributed by atoms with van der Waals surface area (Å²) in [6.07, 6.45) is 0. The fourth-order valence-electron chi connectivity index (χ4n) is 2.41. The quantitative estimate of drug-likeness (QED) is 0.799. The van der Waals surface area contributed by atoms with E-state index in [1.54, 1.807) is 7.11 Å². The van der Waals surface area contributed by atoms with Crippen LogP contribution in [0.25, 0.3) is 16.7 Å². The Morgan fingerprint density at radius 1 is 1.19 bits per heavy atom. The number of benzene rings is 2. The maximum absolute atomic E-state index is 6.09. The van der Waals surface area contributed by atoms with Crippen LogP contribution in [-0.2, 0) is 0 Å². The van der Waals surface area contributed by atoms with Crippen LogP contribution in [0.5, 0.6) is 11.5 Å². The molecular weight excluding hydrogens is 266 g/mol. The van der Waals surface area contributed by atoms with Crippen molar-refractivity contribution in [1.82, 2.24) is 9.55 Å². The molecule has 0 spiro atoms. The van der Waals surface area contributed by atoms with E-state index in [1.165, 1.54) is 0 Å². The van der Waals surface area contributed by atoms with Crippen molar-refractivity contribution >= 4 is 17.0 Å². The van der Waals surface area contributed by atoms with Gasteiger partial charge in [-0.25, -0.2) is 4.98 Å². The second kappa shape index (κ2) is 5.36. The van der Waals surface area contributed by atoms with Crippen molar-refractivity contribution in [2.45, 2.75) is 6.92 Å². The lowest BCUT2D eigenvalue weighted by Crippen LogP contribution is -2.01. The number of rotatable bonds is 4. The first-order chi connectivity index (χ1) is 10.2. The summed E-state index contributed by atoms with van der Waals surface area (Å²) in [7, 11) is 1.62. The van der Waals surface area contributed by atoms with Crippen LogP contribution >= 0.6 is 0 Å². The summed E-state index contributed by atoms with van der Waals surface area (Å²) in [5.41, 5.74) is 8.65. The van der Waals surface area contributed by atoms with Gasteiger partial charge in [0.25, 0.3) is 0 Å². The minimum absolute atomic E-state index is 0.420. The van der Waals surface area contributed by atoms with Gasteiger partial charge in [-0.2, -0.15) is 0 Å². The Morgan fingerprint density at radius 2 is 2.00 bits per heavy atom. The van der Waals surface area contributed by atoms with Crippen LogP contribution < -0.4 is 15.2 Å². The summed E-state index contributed by atoms with van der Waals surface area (Å²) < 4.78 is 12.8. The smallest absolute Gasteiger partial charge is 0.206 e. The van der Waals surface area contributed by atoms with Gasteiger partial charge in [-0.3, -0.25) is 4.57 Å². The van der Waals surface area contributed by atoms with Crippen LogP contribution in [0, 0.1) is 0 Å². The number of methoxy groups -OCH3 is 1. The molecule has 0 fully saturated rings. The van der Waals surface area contributed by atoms with Gasteiger partial charge in [-0.1, -0.05) is 12.1 Å². The van der Waals surface area contributed by atoms with E-state index in [1.807, 2.05) is 54.0 Å². The van der Waals surface area contributed by atoms with Crippen molar-refractivity contribution in [2.75, 3.05) is 19.5 Å². The molecule has 0 atom stereocenters. The lowest BCUT2D eigenvalue weighted by atomic mass is 10.2. The van der Waals surface area contributed by atoms with Crippen LogP contribution in [0.4, 0.5) is 5.95 Å². The zero-order valence-corrected chi connectivity index (χ0v) is 12.0. The van der Waals surface area contributed by atoms with Crippen LogP contribution in [0.15, 0.2) is 42.5 Å². The molecule has 108 valence electrons. The Labute approximate surface area is 122 Å². The number of nitrogen functional groups attached to an aromatic ring is 1. The first-order valence-electron chi connectivity index (χ1n) is 6.78. The highest BCUT2D eigenvalue weighted by Crippen LogP contribution is 2.30. The number of ether oxygens (including phenoxy) is 2. The molecule has 2 N–H and O–H groups in total. The number of fused-ring (bicyclic) bond motifs is 1. The summed E-state index contributed by atoms with van der Waals surface area (Å²) in [6.45, 7) is 2.58. The third-order valence-corrected chi connectivity index (χ3v) is 3.28. The van der Waals surface area contributed by atoms with Gasteiger partial charge in [0.05, 0.1) is 24.9 Å². The molecule has 5 nitrogen and oxygen atoms in total. The molecule has 1 aromatic heterocycles. The minimum atomic E-state index is 0.420. The highest BCUT2D eigenvalue weighted by molar-refractivity contribution is 5.86. The maximum atomic E-state index is 6.09. The monoisotopic (exact) mass is 283 g/mol. The van der Waals surface area contributed by atoms with E-state index < -0.39 is 0 Å². The number of nitrogens with zero attached hydrogens (tertiary/aromatic N) is 2. The van der Waals surface area contributed by atoms with Crippen LogP contribution in [0.3, 0.4) is 0 Å². The van der Waals surface area contributed by atoms with Gasteiger partial charge in [0.2, 0.25) is 5.95 Å². The van der Waals surface area contributed by atoms with E-state index in [-0.39, 0.29) is 0 Å². The van der Waals surface area contributed by atoms with Gasteiger partial charge in [0, 0.05) is 6.07 Å². The predicted octanol–water partition coefficient (Wildman–Crippen LogP) is 3.02. The average Bonchev–Trinajstić information content (AvgIpc) is 2.83. The first-order valence-corrected chi connectivity index (χ1v) is 6.78. The highest BCUT2D eigenvalue weighted by Gasteiger charge is 2.13. The SMILES string of the molecule is CCOc1cccc(-n2c(N)nc3c(OC)cccc32)c1. The van der Waals surface area contributed by atoms with Gasteiger partial charge in [-0.15, -0.1) is 0 Å². The zero-order chi connectivity index (χ0) is 14.8. The van der Waals surface area contributed by atoms with Crippen molar-refractivity contribution in [3.05, 3.63) is 42.5 Å². The Bertz CT molecular complexity index is 780. The van der Waals surface area contributed by atoms with Gasteiger partial charge in [0.1, 0.15) is 17.0 Å². The fourth-order valence-corrected chi connectivity index (χ4v) is 2.41. The van der Waals surface area contributed by atoms with Gasteiger partial charge >= 0.3 is 0 Å². The molecule has 0 radical (unpaired) electrons. The van der Waals surface area contributed by atoms with E-state index >= 15 is 0 Å². The van der Waals surface area contributed by atoms with Crippen molar-refractivity contribution < 1.29 is 9.47 Å². The van der Waals surface area contributed by atoms with Gasteiger partial charge in [0.15, 0.2) is 0 Å². The predicted molar refractivity (Wildman–Crippen MR) is 83.2 cm³/mol. The Hall–Kier alpha value is -2.69. The molecule has 0 unspecified atom stereocenters. The van der Waals surface area contributed by atoms with E-state index in [9.17, 15) is 0 Å². The molecule has 0 aliphatic rings. The molecule has 1 heterocycles. The number of nitrogens with two attached hydrogens (primary N) is 1. The molecule has 0 aliphatic heterocycles. The molecular formula is C16H17N3O2. The topological polar surface area (TPSA) is 62.3 Å². The van der Waals surface area contributed by atoms with Crippen molar-refractivity contribution in [3.63, 3.8) is 0 Å². The number of hydrogen-bond donors (Lipinski definition) is 1. The highest BCUT2D eigenvalue weighted by atomic mass is 16.5. The van der Waals surface area contributed by atoms with Crippen LogP contribution in [0.2, 0.25) is 0 Å². The normalized spacial score (nSPS) is 10.8. The molecule has 0 bridgehead atoms. The molecule has 0 saturated heterocycles. The van der Waals surface area contributed by atoms with Crippen molar-refractivity contribution in [3.8, 4) is 17.2 Å². The average molecular weight is 283 g/mol. The standard InChI is InChI=1S/C16H17N3O2/c1-3-21-12-7-4-6-11(10-12)19-13-8-5-9-14(20-2)15(13)18-16(19)17/h4-10H,3H2,1-2H3,(H2,17,18). The molecule has 2 aromatic carbocycles. The second-order valence-electron chi connectivity index (χ2n) is 4.56. The molecule has 0 saturated carbocycles. The summed E-state index contributed by atoms with van der Waals surface area (Å²) in [5, 5.41) is 0. The first kappa shape index (κ1) is 13.3. The van der Waals surface area contributed by atoms with Gasteiger partial charge < -0.3 is 15.2 Å². The van der Waals surface area contributed by atoms with E-state index in [0.29, 0.717) is 18.3 Å². The van der Waals surface area contributed by atoms with E-state index in [0.717, 1.165) is 22.5 Å². The van der Waals surface area contributed by atoms with E-state index in [4.69, 9.17) is 15.2 Å². The van der Waals surface area contributed by atoms with Gasteiger partial charge in [-0.05, 0) is 31.2 Å².